The van der Waals surface area contributed by atoms with Crippen molar-refractivity contribution in [1.29, 1.82) is 0 Å². The number of pyridine rings is 1. The van der Waals surface area contributed by atoms with Crippen LogP contribution in [0.25, 0.3) is 0 Å². The molecule has 3 aliphatic rings. The third-order valence-electron chi connectivity index (χ3n) is 8.11. The van der Waals surface area contributed by atoms with Crippen molar-refractivity contribution in [2.24, 2.45) is 5.92 Å². The molecular weight excluding hydrogens is 508 g/mol. The zero-order chi connectivity index (χ0) is 24.2. The Balaban J connectivity index is 1.63. The summed E-state index contributed by atoms with van der Waals surface area (Å²) in [6, 6.07) is 18.0. The molecule has 1 saturated carbocycles. The molecule has 2 aromatic carbocycles. The standard InChI is InChI=1S/C28H29BrN2O4/c1-34-22-15-30-16-23-25(22)27(33)26(32)21(17-31-13-5-6-14-31)24(18-7-3-2-4-8-18)28(27,35-23)19-9-11-20(29)12-10-19/h2-4,7-12,15-16,21,24,26,32-33H,5-6,13-14,17H2,1H3. The highest BCUT2D eigenvalue weighted by Gasteiger charge is 2.76. The average molecular weight is 537 g/mol. The molecule has 3 heterocycles. The Bertz CT molecular complexity index is 1220. The number of halogens is 1. The number of likely N-dealkylation sites (tertiary alicyclic amines) is 1. The van der Waals surface area contributed by atoms with E-state index < -0.39 is 17.3 Å². The van der Waals surface area contributed by atoms with Gasteiger partial charge in [0.05, 0.1) is 31.2 Å². The van der Waals surface area contributed by atoms with Gasteiger partial charge < -0.3 is 24.6 Å². The Morgan fingerprint density at radius 1 is 1.09 bits per heavy atom. The van der Waals surface area contributed by atoms with Crippen LogP contribution in [0.4, 0.5) is 0 Å². The van der Waals surface area contributed by atoms with Gasteiger partial charge >= 0.3 is 0 Å². The second-order valence-corrected chi connectivity index (χ2v) is 10.7. The molecule has 0 amide bonds. The largest absolute Gasteiger partial charge is 0.495 e. The van der Waals surface area contributed by atoms with Gasteiger partial charge in [0.2, 0.25) is 0 Å². The number of rotatable bonds is 5. The summed E-state index contributed by atoms with van der Waals surface area (Å²) >= 11 is 3.54. The number of methoxy groups -OCH3 is 1. The lowest BCUT2D eigenvalue weighted by Gasteiger charge is -2.41. The van der Waals surface area contributed by atoms with Gasteiger partial charge in [0.15, 0.2) is 11.2 Å². The molecule has 6 nitrogen and oxygen atoms in total. The highest BCUT2D eigenvalue weighted by molar-refractivity contribution is 9.10. The van der Waals surface area contributed by atoms with Gasteiger partial charge in [-0.25, -0.2) is 0 Å². The average Bonchev–Trinajstić information content (AvgIpc) is 3.53. The van der Waals surface area contributed by atoms with E-state index in [1.54, 1.807) is 19.5 Å². The van der Waals surface area contributed by atoms with E-state index in [2.05, 4.69) is 37.9 Å². The lowest BCUT2D eigenvalue weighted by atomic mass is 9.70. The number of aliphatic hydroxyl groups is 2. The number of hydrogen-bond donors (Lipinski definition) is 2. The maximum absolute atomic E-state index is 12.8. The maximum Gasteiger partial charge on any atom is 0.177 e. The van der Waals surface area contributed by atoms with Crippen molar-refractivity contribution in [3.63, 3.8) is 0 Å². The van der Waals surface area contributed by atoms with Crippen molar-refractivity contribution in [2.75, 3.05) is 26.7 Å². The molecule has 7 heteroatoms. The van der Waals surface area contributed by atoms with Gasteiger partial charge in [0, 0.05) is 22.9 Å². The molecule has 6 rings (SSSR count). The second kappa shape index (κ2) is 8.59. The van der Waals surface area contributed by atoms with E-state index in [1.165, 1.54) is 0 Å². The lowest BCUT2D eigenvalue weighted by Crippen LogP contribution is -2.52. The molecule has 35 heavy (non-hydrogen) atoms. The first kappa shape index (κ1) is 23.0. The molecule has 182 valence electrons. The van der Waals surface area contributed by atoms with Gasteiger partial charge in [0.25, 0.3) is 0 Å². The number of aromatic nitrogens is 1. The molecule has 2 fully saturated rings. The normalized spacial score (nSPS) is 31.7. The molecule has 5 unspecified atom stereocenters. The Morgan fingerprint density at radius 3 is 2.49 bits per heavy atom. The maximum atomic E-state index is 12.8. The molecular formula is C28H29BrN2O4. The van der Waals surface area contributed by atoms with E-state index in [4.69, 9.17) is 9.47 Å². The number of ether oxygens (including phenoxy) is 2. The van der Waals surface area contributed by atoms with Crippen LogP contribution in [0.1, 0.15) is 35.4 Å². The van der Waals surface area contributed by atoms with Crippen molar-refractivity contribution >= 4 is 15.9 Å². The van der Waals surface area contributed by atoms with E-state index in [0.717, 1.165) is 41.5 Å². The second-order valence-electron chi connectivity index (χ2n) is 9.83. The summed E-state index contributed by atoms with van der Waals surface area (Å²) in [5.41, 5.74) is -0.713. The predicted octanol–water partition coefficient (Wildman–Crippen LogP) is 4.20. The van der Waals surface area contributed by atoms with E-state index in [-0.39, 0.29) is 11.8 Å². The summed E-state index contributed by atoms with van der Waals surface area (Å²) in [6.07, 6.45) is 4.41. The summed E-state index contributed by atoms with van der Waals surface area (Å²) in [5.74, 6) is 0.267. The van der Waals surface area contributed by atoms with Gasteiger partial charge in [-0.05, 0) is 49.2 Å². The minimum atomic E-state index is -1.74. The molecule has 3 aromatic rings. The van der Waals surface area contributed by atoms with Crippen molar-refractivity contribution in [3.05, 3.63) is 88.2 Å². The molecule has 2 aliphatic heterocycles. The SMILES string of the molecule is COc1cncc2c1C1(O)C(O)C(CN3CCCC3)C(c3ccccc3)C1(c1ccc(Br)cc1)O2. The molecule has 2 N–H and O–H groups in total. The van der Waals surface area contributed by atoms with Crippen LogP contribution < -0.4 is 9.47 Å². The van der Waals surface area contributed by atoms with Gasteiger partial charge in [-0.2, -0.15) is 0 Å². The number of benzene rings is 2. The topological polar surface area (TPSA) is 75.0 Å². The predicted molar refractivity (Wildman–Crippen MR) is 135 cm³/mol. The third kappa shape index (κ3) is 3.22. The zero-order valence-corrected chi connectivity index (χ0v) is 21.2. The lowest BCUT2D eigenvalue weighted by molar-refractivity contribution is -0.152. The van der Waals surface area contributed by atoms with Crippen LogP contribution in [-0.4, -0.2) is 52.9 Å². The Kier molecular flexibility index (Phi) is 5.64. The van der Waals surface area contributed by atoms with Crippen LogP contribution >= 0.6 is 15.9 Å². The zero-order valence-electron chi connectivity index (χ0n) is 19.6. The summed E-state index contributed by atoms with van der Waals surface area (Å²) in [5, 5.41) is 24.9. The van der Waals surface area contributed by atoms with Crippen LogP contribution in [0.15, 0.2) is 71.5 Å². The van der Waals surface area contributed by atoms with E-state index in [1.807, 2.05) is 42.5 Å². The fourth-order valence-corrected chi connectivity index (χ4v) is 6.96. The van der Waals surface area contributed by atoms with Crippen LogP contribution in [0.2, 0.25) is 0 Å². The Morgan fingerprint density at radius 2 is 1.80 bits per heavy atom. The smallest absolute Gasteiger partial charge is 0.177 e. The molecule has 1 saturated heterocycles. The van der Waals surface area contributed by atoms with Crippen LogP contribution in [-0.2, 0) is 11.2 Å². The fourth-order valence-electron chi connectivity index (χ4n) is 6.70. The number of hydrogen-bond acceptors (Lipinski definition) is 6. The quantitative estimate of drug-likeness (QED) is 0.509. The summed E-state index contributed by atoms with van der Waals surface area (Å²) in [7, 11) is 1.55. The van der Waals surface area contributed by atoms with Gasteiger partial charge in [0.1, 0.15) is 11.5 Å². The molecule has 0 bridgehead atoms. The Hall–Kier alpha value is -2.45. The Labute approximate surface area is 213 Å². The van der Waals surface area contributed by atoms with Crippen molar-refractivity contribution in [1.82, 2.24) is 9.88 Å². The number of fused-ring (bicyclic) bond motifs is 3. The molecule has 1 aliphatic carbocycles. The highest BCUT2D eigenvalue weighted by atomic mass is 79.9. The summed E-state index contributed by atoms with van der Waals surface area (Å²) in [6.45, 7) is 2.67. The fraction of sp³-hybridized carbons (Fsp3) is 0.393. The molecule has 1 aromatic heterocycles. The monoisotopic (exact) mass is 536 g/mol. The molecule has 0 spiro atoms. The van der Waals surface area contributed by atoms with Gasteiger partial charge in [-0.1, -0.05) is 58.4 Å². The van der Waals surface area contributed by atoms with Crippen molar-refractivity contribution in [3.8, 4) is 11.5 Å². The molecule has 5 atom stereocenters. The number of nitrogens with zero attached hydrogens (tertiary/aromatic N) is 2. The van der Waals surface area contributed by atoms with E-state index in [0.29, 0.717) is 23.6 Å². The first-order valence-corrected chi connectivity index (χ1v) is 12.9. The summed E-state index contributed by atoms with van der Waals surface area (Å²) < 4.78 is 13.4. The van der Waals surface area contributed by atoms with E-state index in [9.17, 15) is 10.2 Å². The first-order chi connectivity index (χ1) is 17.0. The minimum absolute atomic E-state index is 0.268. The van der Waals surface area contributed by atoms with Crippen LogP contribution in [0.3, 0.4) is 0 Å². The first-order valence-electron chi connectivity index (χ1n) is 12.2. The highest BCUT2D eigenvalue weighted by Crippen LogP contribution is 2.69. The molecule has 0 radical (unpaired) electrons. The van der Waals surface area contributed by atoms with Gasteiger partial charge in [-0.15, -0.1) is 0 Å². The van der Waals surface area contributed by atoms with Crippen molar-refractivity contribution < 1.29 is 19.7 Å². The third-order valence-corrected chi connectivity index (χ3v) is 8.64. The van der Waals surface area contributed by atoms with E-state index >= 15 is 0 Å². The number of aliphatic hydroxyl groups excluding tert-OH is 1. The van der Waals surface area contributed by atoms with Gasteiger partial charge in [-0.3, -0.25) is 4.98 Å². The van der Waals surface area contributed by atoms with Crippen LogP contribution in [0.5, 0.6) is 11.5 Å². The summed E-state index contributed by atoms with van der Waals surface area (Å²) in [4.78, 5) is 6.69. The van der Waals surface area contributed by atoms with Crippen LogP contribution in [0, 0.1) is 5.92 Å². The minimum Gasteiger partial charge on any atom is -0.495 e. The van der Waals surface area contributed by atoms with Crippen molar-refractivity contribution in [2.45, 2.75) is 36.1 Å².